The van der Waals surface area contributed by atoms with E-state index in [9.17, 15) is 18.3 Å². The Morgan fingerprint density at radius 1 is 1.36 bits per heavy atom. The maximum atomic E-state index is 11.1. The minimum Gasteiger partial charge on any atom is -0.550 e. The largest absolute Gasteiger partial charge is 1.00 e. The molecule has 0 aromatic heterocycles. The van der Waals surface area contributed by atoms with Crippen molar-refractivity contribution in [1.29, 1.82) is 0 Å². The van der Waals surface area contributed by atoms with Crippen molar-refractivity contribution in [2.75, 3.05) is 6.26 Å². The van der Waals surface area contributed by atoms with Crippen LogP contribution in [0.1, 0.15) is 25.7 Å². The zero-order valence-electron chi connectivity index (χ0n) is 8.52. The van der Waals surface area contributed by atoms with Crippen molar-refractivity contribution in [3.05, 3.63) is 0 Å². The maximum Gasteiger partial charge on any atom is 1.00 e. The predicted octanol–water partition coefficient (Wildman–Crippen LogP) is -3.66. The summed E-state index contributed by atoms with van der Waals surface area (Å²) < 4.78 is 22.3. The number of sulfone groups is 1. The van der Waals surface area contributed by atoms with Gasteiger partial charge in [0.2, 0.25) is 0 Å². The Balaban J connectivity index is 0.00000169. The van der Waals surface area contributed by atoms with Gasteiger partial charge in [0.25, 0.3) is 0 Å². The number of carbonyl (C=O) groups is 1. The Bertz CT molecular complexity index is 298. The van der Waals surface area contributed by atoms with E-state index >= 15 is 0 Å². The predicted molar refractivity (Wildman–Crippen MR) is 45.6 cm³/mol. The molecule has 0 bridgehead atoms. The van der Waals surface area contributed by atoms with Crippen LogP contribution in [0.4, 0.5) is 0 Å². The van der Waals surface area contributed by atoms with Gasteiger partial charge in [-0.05, 0) is 25.2 Å². The van der Waals surface area contributed by atoms with Crippen molar-refractivity contribution in [3.63, 3.8) is 0 Å². The number of hydrogen-bond donors (Lipinski definition) is 0. The normalized spacial score (nSPS) is 27.8. The van der Waals surface area contributed by atoms with Crippen molar-refractivity contribution in [1.82, 2.24) is 0 Å². The second kappa shape index (κ2) is 5.96. The Morgan fingerprint density at radius 2 is 1.93 bits per heavy atom. The number of carbonyl (C=O) groups excluding carboxylic acids is 1. The molecule has 0 aromatic carbocycles. The molecule has 2 atom stereocenters. The Labute approximate surface area is 127 Å². The summed E-state index contributed by atoms with van der Waals surface area (Å²) in [6.07, 6.45) is 3.18. The summed E-state index contributed by atoms with van der Waals surface area (Å²) in [7, 11) is -3.08. The van der Waals surface area contributed by atoms with Gasteiger partial charge >= 0.3 is 51.4 Å². The van der Waals surface area contributed by atoms with Gasteiger partial charge in [-0.1, -0.05) is 6.42 Å². The van der Waals surface area contributed by atoms with E-state index in [-0.39, 0.29) is 57.8 Å². The van der Waals surface area contributed by atoms with Gasteiger partial charge in [-0.2, -0.15) is 0 Å². The van der Waals surface area contributed by atoms with E-state index in [1.54, 1.807) is 0 Å². The molecule has 14 heavy (non-hydrogen) atoms. The average Bonchev–Trinajstić information content (AvgIpc) is 2.03. The van der Waals surface area contributed by atoms with E-state index in [1.165, 1.54) is 0 Å². The molecule has 2 unspecified atom stereocenters. The molecule has 0 spiro atoms. The number of hydrogen-bond acceptors (Lipinski definition) is 4. The van der Waals surface area contributed by atoms with Gasteiger partial charge in [-0.15, -0.1) is 0 Å². The van der Waals surface area contributed by atoms with Crippen LogP contribution >= 0.6 is 0 Å². The monoisotopic (exact) mass is 244 g/mol. The molecule has 1 aliphatic rings. The van der Waals surface area contributed by atoms with Crippen LogP contribution in [0.15, 0.2) is 0 Å². The summed E-state index contributed by atoms with van der Waals surface area (Å²) in [5.74, 6) is -1.69. The quantitative estimate of drug-likeness (QED) is 0.469. The molecule has 0 radical (unpaired) electrons. The number of rotatable bonds is 2. The molecule has 0 aliphatic heterocycles. The molecule has 0 N–H and O–H groups in total. The van der Waals surface area contributed by atoms with E-state index in [4.69, 9.17) is 0 Å². The smallest absolute Gasteiger partial charge is 0.550 e. The Hall–Kier alpha value is 1.06. The standard InChI is InChI=1S/C8H14O4S.K/c1-13(11,12)7-4-2-3-6(5-7)8(9)10;/h6-7H,2-5H2,1H3,(H,9,10);/q;+1/p-1. The van der Waals surface area contributed by atoms with E-state index in [0.717, 1.165) is 6.26 Å². The molecule has 0 heterocycles. The molecule has 0 amide bonds. The van der Waals surface area contributed by atoms with Gasteiger partial charge < -0.3 is 9.90 Å². The molecule has 1 aliphatic carbocycles. The van der Waals surface area contributed by atoms with Gasteiger partial charge in [0, 0.05) is 12.2 Å². The molecule has 76 valence electrons. The third-order valence-electron chi connectivity index (χ3n) is 2.56. The third-order valence-corrected chi connectivity index (χ3v) is 4.20. The molecular weight excluding hydrogens is 231 g/mol. The van der Waals surface area contributed by atoms with Crippen molar-refractivity contribution >= 4 is 15.8 Å². The van der Waals surface area contributed by atoms with Crippen LogP contribution in [-0.2, 0) is 14.6 Å². The van der Waals surface area contributed by atoms with Crippen molar-refractivity contribution in [2.24, 2.45) is 5.92 Å². The van der Waals surface area contributed by atoms with Crippen LogP contribution < -0.4 is 56.5 Å². The van der Waals surface area contributed by atoms with E-state index in [1.807, 2.05) is 0 Å². The van der Waals surface area contributed by atoms with Crippen molar-refractivity contribution in [3.8, 4) is 0 Å². The summed E-state index contributed by atoms with van der Waals surface area (Å²) in [5, 5.41) is 10.0. The second-order valence-corrected chi connectivity index (χ2v) is 5.96. The molecule has 0 aromatic rings. The van der Waals surface area contributed by atoms with Gasteiger partial charge in [-0.25, -0.2) is 8.42 Å². The summed E-state index contributed by atoms with van der Waals surface area (Å²) >= 11 is 0. The summed E-state index contributed by atoms with van der Waals surface area (Å²) in [6, 6.07) is 0. The molecule has 6 heteroatoms. The molecule has 0 saturated heterocycles. The number of aliphatic carboxylic acids is 1. The second-order valence-electron chi connectivity index (χ2n) is 3.63. The van der Waals surface area contributed by atoms with Crippen LogP contribution in [0.2, 0.25) is 0 Å². The number of carboxylic acids is 1. The first-order valence-electron chi connectivity index (χ1n) is 4.31. The van der Waals surface area contributed by atoms with Crippen LogP contribution in [0.5, 0.6) is 0 Å². The Kier molecular flexibility index (Phi) is 6.41. The molecule has 4 nitrogen and oxygen atoms in total. The minimum absolute atomic E-state index is 0. The van der Waals surface area contributed by atoms with E-state index in [0.29, 0.717) is 19.3 Å². The molecule has 1 fully saturated rings. The fraction of sp³-hybridized carbons (Fsp3) is 0.875. The van der Waals surface area contributed by atoms with Crippen LogP contribution in [0, 0.1) is 5.92 Å². The van der Waals surface area contributed by atoms with Gasteiger partial charge in [0.1, 0.15) is 9.84 Å². The van der Waals surface area contributed by atoms with Gasteiger partial charge in [0.15, 0.2) is 0 Å². The zero-order chi connectivity index (χ0) is 10.1. The van der Waals surface area contributed by atoms with Crippen molar-refractivity contribution < 1.29 is 69.7 Å². The zero-order valence-corrected chi connectivity index (χ0v) is 12.5. The SMILES string of the molecule is CS(=O)(=O)C1CCCC(C(=O)[O-])C1.[K+]. The van der Waals surface area contributed by atoms with Gasteiger partial charge in [-0.3, -0.25) is 0 Å². The van der Waals surface area contributed by atoms with Crippen molar-refractivity contribution in [2.45, 2.75) is 30.9 Å². The summed E-state index contributed by atoms with van der Waals surface area (Å²) in [6.45, 7) is 0. The Morgan fingerprint density at radius 3 is 2.36 bits per heavy atom. The maximum absolute atomic E-state index is 11.1. The first kappa shape index (κ1) is 15.1. The summed E-state index contributed by atoms with van der Waals surface area (Å²) in [5.41, 5.74) is 0. The fourth-order valence-electron chi connectivity index (χ4n) is 1.75. The fourth-order valence-corrected chi connectivity index (χ4v) is 2.92. The van der Waals surface area contributed by atoms with Crippen LogP contribution in [0.3, 0.4) is 0 Å². The minimum atomic E-state index is -3.08. The van der Waals surface area contributed by atoms with E-state index < -0.39 is 27.0 Å². The molecule has 1 saturated carbocycles. The molecular formula is C8H13KO4S. The van der Waals surface area contributed by atoms with Crippen LogP contribution in [-0.4, -0.2) is 25.9 Å². The van der Waals surface area contributed by atoms with Gasteiger partial charge in [0.05, 0.1) is 5.25 Å². The number of carboxylic acid groups (broad SMARTS) is 1. The summed E-state index contributed by atoms with van der Waals surface area (Å²) in [4.78, 5) is 10.5. The molecule has 1 rings (SSSR count). The van der Waals surface area contributed by atoms with Crippen LogP contribution in [0.25, 0.3) is 0 Å². The average molecular weight is 244 g/mol. The topological polar surface area (TPSA) is 74.3 Å². The van der Waals surface area contributed by atoms with E-state index in [2.05, 4.69) is 0 Å². The first-order valence-corrected chi connectivity index (χ1v) is 6.26. The third kappa shape index (κ3) is 4.28. The first-order chi connectivity index (χ1) is 5.91.